The molecule has 1 aromatic heterocycles. The summed E-state index contributed by atoms with van der Waals surface area (Å²) in [4.78, 5) is 23.2. The Kier molecular flexibility index (Phi) is 5.77. The maximum absolute atomic E-state index is 12.6. The van der Waals surface area contributed by atoms with Crippen molar-refractivity contribution in [2.24, 2.45) is 0 Å². The fourth-order valence-electron chi connectivity index (χ4n) is 2.99. The van der Waals surface area contributed by atoms with Gasteiger partial charge in [0.25, 0.3) is 5.91 Å². The minimum Gasteiger partial charge on any atom is -0.450 e. The predicted octanol–water partition coefficient (Wildman–Crippen LogP) is 4.58. The zero-order valence-corrected chi connectivity index (χ0v) is 17.4. The van der Waals surface area contributed by atoms with Crippen LogP contribution in [0.3, 0.4) is 0 Å². The summed E-state index contributed by atoms with van der Waals surface area (Å²) in [5.74, 6) is 0.0759. The molecule has 1 N–H and O–H groups in total. The number of nitro benzene ring substituents is 1. The van der Waals surface area contributed by atoms with Crippen LogP contribution in [-0.4, -0.2) is 31.0 Å². The molecule has 0 saturated carbocycles. The lowest BCUT2D eigenvalue weighted by molar-refractivity contribution is -0.385. The Balaban J connectivity index is 1.46. The lowest BCUT2D eigenvalue weighted by Crippen LogP contribution is -2.12. The summed E-state index contributed by atoms with van der Waals surface area (Å²) >= 11 is 5.82. The molecule has 11 heteroatoms. The number of nitro groups is 1. The zero-order valence-electron chi connectivity index (χ0n) is 16.6. The second-order valence-corrected chi connectivity index (χ2v) is 7.14. The van der Waals surface area contributed by atoms with Crippen molar-refractivity contribution in [3.8, 4) is 17.2 Å². The molecule has 32 heavy (non-hydrogen) atoms. The number of halogens is 1. The molecule has 3 aromatic carbocycles. The lowest BCUT2D eigenvalue weighted by atomic mass is 10.1. The number of rotatable bonds is 6. The maximum Gasteiger partial charge on any atom is 0.313 e. The minimum absolute atomic E-state index is 0.0507. The molecule has 0 saturated heterocycles. The zero-order chi connectivity index (χ0) is 22.7. The Hall–Kier alpha value is -4.31. The van der Waals surface area contributed by atoms with Gasteiger partial charge in [-0.25, -0.2) is 4.68 Å². The molecule has 4 rings (SSSR count). The Morgan fingerprint density at radius 1 is 1.12 bits per heavy atom. The van der Waals surface area contributed by atoms with E-state index in [2.05, 4.69) is 20.8 Å². The number of carbonyl (C=O) groups is 1. The molecule has 0 fully saturated rings. The van der Waals surface area contributed by atoms with Gasteiger partial charge in [0.1, 0.15) is 12.1 Å². The van der Waals surface area contributed by atoms with Crippen molar-refractivity contribution in [2.75, 3.05) is 5.32 Å². The van der Waals surface area contributed by atoms with Crippen LogP contribution in [0.15, 0.2) is 67.0 Å². The van der Waals surface area contributed by atoms with Gasteiger partial charge in [-0.1, -0.05) is 11.6 Å². The summed E-state index contributed by atoms with van der Waals surface area (Å²) in [5.41, 5.74) is 2.43. The highest BCUT2D eigenvalue weighted by atomic mass is 35.5. The van der Waals surface area contributed by atoms with E-state index in [1.165, 1.54) is 29.2 Å². The summed E-state index contributed by atoms with van der Waals surface area (Å²) in [6.07, 6.45) is 1.49. The Labute approximate surface area is 186 Å². The summed E-state index contributed by atoms with van der Waals surface area (Å²) in [7, 11) is 0. The third kappa shape index (κ3) is 4.55. The number of benzene rings is 3. The Morgan fingerprint density at radius 3 is 2.56 bits per heavy atom. The molecular formula is C21H15ClN6O4. The van der Waals surface area contributed by atoms with Gasteiger partial charge in [0.05, 0.1) is 10.6 Å². The van der Waals surface area contributed by atoms with Crippen molar-refractivity contribution in [1.82, 2.24) is 20.2 Å². The van der Waals surface area contributed by atoms with Crippen molar-refractivity contribution < 1.29 is 14.5 Å². The van der Waals surface area contributed by atoms with E-state index in [4.69, 9.17) is 16.3 Å². The molecule has 0 unspecified atom stereocenters. The van der Waals surface area contributed by atoms with Crippen molar-refractivity contribution in [3.63, 3.8) is 0 Å². The molecule has 0 atom stereocenters. The van der Waals surface area contributed by atoms with Gasteiger partial charge in [-0.3, -0.25) is 14.9 Å². The van der Waals surface area contributed by atoms with Crippen molar-refractivity contribution >= 4 is 28.9 Å². The first-order valence-corrected chi connectivity index (χ1v) is 9.66. The summed E-state index contributed by atoms with van der Waals surface area (Å²) in [6.45, 7) is 1.88. The van der Waals surface area contributed by atoms with Crippen LogP contribution in [0.4, 0.5) is 11.4 Å². The van der Waals surface area contributed by atoms with E-state index in [-0.39, 0.29) is 22.4 Å². The number of nitrogens with one attached hydrogen (secondary N) is 1. The van der Waals surface area contributed by atoms with E-state index in [1.807, 2.05) is 13.0 Å². The average molecular weight is 451 g/mol. The molecule has 0 aliphatic carbocycles. The molecule has 0 aliphatic rings. The van der Waals surface area contributed by atoms with Crippen LogP contribution in [0.1, 0.15) is 15.9 Å². The molecule has 0 bridgehead atoms. The molecule has 1 amide bonds. The van der Waals surface area contributed by atoms with Gasteiger partial charge >= 0.3 is 5.69 Å². The van der Waals surface area contributed by atoms with E-state index in [0.29, 0.717) is 17.0 Å². The highest BCUT2D eigenvalue weighted by Crippen LogP contribution is 2.33. The standard InChI is InChI=1S/C21H15ClN6O4/c1-13-10-16(5-8-18(13)27-12-23-25-26-27)24-21(29)14-2-6-17(7-3-14)32-20-9-4-15(22)11-19(20)28(30)31/h2-12H,1H3,(H,24,29). The quantitative estimate of drug-likeness (QED) is 0.336. The molecule has 1 heterocycles. The Morgan fingerprint density at radius 2 is 1.91 bits per heavy atom. The first-order valence-electron chi connectivity index (χ1n) is 9.28. The average Bonchev–Trinajstić information content (AvgIpc) is 3.30. The molecule has 0 aliphatic heterocycles. The number of nitrogens with zero attached hydrogens (tertiary/aromatic N) is 5. The molecule has 10 nitrogen and oxygen atoms in total. The number of ether oxygens (including phenoxy) is 1. The third-order valence-corrected chi connectivity index (χ3v) is 4.75. The van der Waals surface area contributed by atoms with Crippen LogP contribution >= 0.6 is 11.6 Å². The normalized spacial score (nSPS) is 10.6. The van der Waals surface area contributed by atoms with Crippen LogP contribution in [0.2, 0.25) is 5.02 Å². The third-order valence-electron chi connectivity index (χ3n) is 4.51. The molecule has 0 spiro atoms. The molecule has 160 valence electrons. The van der Waals surface area contributed by atoms with E-state index in [0.717, 1.165) is 11.3 Å². The van der Waals surface area contributed by atoms with Gasteiger partial charge in [0.2, 0.25) is 5.75 Å². The van der Waals surface area contributed by atoms with Crippen LogP contribution in [0.5, 0.6) is 11.5 Å². The number of aryl methyl sites for hydroxylation is 1. The smallest absolute Gasteiger partial charge is 0.313 e. The number of hydrogen-bond donors (Lipinski definition) is 1. The van der Waals surface area contributed by atoms with Gasteiger partial charge in [0, 0.05) is 22.3 Å². The fraction of sp³-hybridized carbons (Fsp3) is 0.0476. The summed E-state index contributed by atoms with van der Waals surface area (Å²) < 4.78 is 7.13. The number of anilines is 1. The number of tetrazole rings is 1. The topological polar surface area (TPSA) is 125 Å². The molecule has 0 radical (unpaired) electrons. The summed E-state index contributed by atoms with van der Waals surface area (Å²) in [5, 5.41) is 25.3. The van der Waals surface area contributed by atoms with E-state index < -0.39 is 4.92 Å². The monoisotopic (exact) mass is 450 g/mol. The highest BCUT2D eigenvalue weighted by Gasteiger charge is 2.17. The van der Waals surface area contributed by atoms with Gasteiger partial charge in [-0.05, 0) is 77.5 Å². The lowest BCUT2D eigenvalue weighted by Gasteiger charge is -2.10. The van der Waals surface area contributed by atoms with Crippen molar-refractivity contribution in [1.29, 1.82) is 0 Å². The van der Waals surface area contributed by atoms with E-state index in [1.54, 1.807) is 36.4 Å². The van der Waals surface area contributed by atoms with Gasteiger partial charge in [-0.2, -0.15) is 0 Å². The maximum atomic E-state index is 12.6. The van der Waals surface area contributed by atoms with Gasteiger partial charge < -0.3 is 10.1 Å². The van der Waals surface area contributed by atoms with Crippen LogP contribution < -0.4 is 10.1 Å². The predicted molar refractivity (Wildman–Crippen MR) is 116 cm³/mol. The first-order chi connectivity index (χ1) is 15.4. The molecule has 4 aromatic rings. The van der Waals surface area contributed by atoms with E-state index >= 15 is 0 Å². The van der Waals surface area contributed by atoms with Crippen LogP contribution in [0.25, 0.3) is 5.69 Å². The molecular weight excluding hydrogens is 436 g/mol. The number of amides is 1. The van der Waals surface area contributed by atoms with Crippen molar-refractivity contribution in [2.45, 2.75) is 6.92 Å². The second kappa shape index (κ2) is 8.82. The van der Waals surface area contributed by atoms with Crippen LogP contribution in [0, 0.1) is 17.0 Å². The van der Waals surface area contributed by atoms with Gasteiger partial charge in [0.15, 0.2) is 0 Å². The van der Waals surface area contributed by atoms with Crippen LogP contribution in [-0.2, 0) is 0 Å². The number of aromatic nitrogens is 4. The second-order valence-electron chi connectivity index (χ2n) is 6.71. The van der Waals surface area contributed by atoms with Gasteiger partial charge in [-0.15, -0.1) is 5.10 Å². The van der Waals surface area contributed by atoms with Crippen molar-refractivity contribution in [3.05, 3.63) is 93.3 Å². The summed E-state index contributed by atoms with van der Waals surface area (Å²) in [6, 6.07) is 15.7. The fourth-order valence-corrected chi connectivity index (χ4v) is 3.15. The number of carbonyl (C=O) groups excluding carboxylic acids is 1. The first kappa shape index (κ1) is 20.9. The highest BCUT2D eigenvalue weighted by molar-refractivity contribution is 6.30. The Bertz CT molecular complexity index is 1290. The van der Waals surface area contributed by atoms with E-state index in [9.17, 15) is 14.9 Å². The minimum atomic E-state index is -0.574. The SMILES string of the molecule is Cc1cc(NC(=O)c2ccc(Oc3ccc(Cl)cc3[N+](=O)[O-])cc2)ccc1-n1cnnn1. The number of hydrogen-bond acceptors (Lipinski definition) is 7. The largest absolute Gasteiger partial charge is 0.450 e.